The molecule has 0 saturated carbocycles. The van der Waals surface area contributed by atoms with Crippen LogP contribution in [0.3, 0.4) is 0 Å². The summed E-state index contributed by atoms with van der Waals surface area (Å²) < 4.78 is 107. The fourth-order valence-electron chi connectivity index (χ4n) is 3.58. The molecule has 0 unspecified atom stereocenters. The van der Waals surface area contributed by atoms with Crippen LogP contribution < -0.4 is 9.47 Å². The van der Waals surface area contributed by atoms with E-state index in [1.165, 1.54) is 45.0 Å². The first-order valence-corrected chi connectivity index (χ1v) is 11.5. The van der Waals surface area contributed by atoms with Crippen LogP contribution in [-0.2, 0) is 20.6 Å². The molecule has 1 aromatic carbocycles. The molecule has 1 aromatic heterocycles. The van der Waals surface area contributed by atoms with Crippen molar-refractivity contribution in [2.24, 2.45) is 0 Å². The summed E-state index contributed by atoms with van der Waals surface area (Å²) >= 11 is 0. The van der Waals surface area contributed by atoms with Crippen LogP contribution in [0.25, 0.3) is 0 Å². The fourth-order valence-corrected chi connectivity index (χ4v) is 3.58. The Bertz CT molecular complexity index is 1340. The molecule has 3 N–H and O–H groups in total. The van der Waals surface area contributed by atoms with Gasteiger partial charge in [0, 0.05) is 36.1 Å². The Morgan fingerprint density at radius 2 is 1.89 bits per heavy atom. The van der Waals surface area contributed by atoms with Gasteiger partial charge < -0.3 is 39.0 Å². The van der Waals surface area contributed by atoms with Crippen LogP contribution in [0, 0.1) is 6.85 Å². The molecule has 11 heteroatoms. The lowest BCUT2D eigenvalue weighted by Crippen LogP contribution is -2.60. The molecule has 3 rings (SSSR count). The summed E-state index contributed by atoms with van der Waals surface area (Å²) in [5.41, 5.74) is -0.685. The molecule has 2 aromatic rings. The van der Waals surface area contributed by atoms with Crippen molar-refractivity contribution >= 4 is 6.16 Å². The summed E-state index contributed by atoms with van der Waals surface area (Å²) in [7, 11) is 0. The van der Waals surface area contributed by atoms with E-state index in [4.69, 9.17) is 32.7 Å². The highest BCUT2D eigenvalue weighted by Gasteiger charge is 2.46. The molecule has 1 saturated heterocycles. The summed E-state index contributed by atoms with van der Waals surface area (Å²) in [5, 5.41) is 35.6. The van der Waals surface area contributed by atoms with Crippen molar-refractivity contribution in [1.82, 2.24) is 9.78 Å². The predicted octanol–water partition coefficient (Wildman–Crippen LogP) is 2.51. The average molecular weight is 533 g/mol. The van der Waals surface area contributed by atoms with E-state index in [0.717, 1.165) is 0 Å². The maximum atomic E-state index is 11.7. The van der Waals surface area contributed by atoms with E-state index in [9.17, 15) is 20.1 Å². The van der Waals surface area contributed by atoms with Gasteiger partial charge in [-0.3, -0.25) is 4.68 Å². The first-order valence-electron chi connectivity index (χ1n) is 16.5. The van der Waals surface area contributed by atoms with E-state index in [2.05, 4.69) is 9.84 Å². The molecule has 0 bridgehead atoms. The van der Waals surface area contributed by atoms with Gasteiger partial charge in [-0.25, -0.2) is 4.79 Å². The molecule has 0 radical (unpaired) electrons. The summed E-state index contributed by atoms with van der Waals surface area (Å²) in [6, 6.07) is 3.58. The highest BCUT2D eigenvalue weighted by atomic mass is 16.7. The van der Waals surface area contributed by atoms with Crippen molar-refractivity contribution in [2.75, 3.05) is 13.2 Å². The van der Waals surface area contributed by atoms with E-state index in [1.807, 2.05) is 0 Å². The second-order valence-electron chi connectivity index (χ2n) is 8.44. The number of aliphatic hydroxyl groups is 3. The molecular formula is C26H38N2O9. The van der Waals surface area contributed by atoms with Crippen molar-refractivity contribution < 1.29 is 57.5 Å². The largest absolute Gasteiger partial charge is 0.508 e. The normalized spacial score (nSPS) is 29.1. The fraction of sp³-hybridized carbons (Fsp3) is 0.615. The zero-order chi connectivity index (χ0) is 35.7. The predicted molar refractivity (Wildman–Crippen MR) is 133 cm³/mol. The maximum absolute atomic E-state index is 11.7. The van der Waals surface area contributed by atoms with E-state index in [-0.39, 0.29) is 18.6 Å². The smallest absolute Gasteiger partial charge is 0.491 e. The molecule has 5 atom stereocenters. The van der Waals surface area contributed by atoms with Crippen LogP contribution in [0.15, 0.2) is 24.3 Å². The topological polar surface area (TPSA) is 142 Å². The van der Waals surface area contributed by atoms with Crippen LogP contribution in [0.1, 0.15) is 71.0 Å². The lowest BCUT2D eigenvalue weighted by Gasteiger charge is -2.39. The van der Waals surface area contributed by atoms with E-state index in [0.29, 0.717) is 16.0 Å². The molecule has 206 valence electrons. The standard InChI is InChI=1S/C26H38N2O9/c1-7-33-26(32)34-13-20-21(29)22(30)23(31)25(36-20)37-24-19(16(6)28(27-24)14(2)3)12-17-8-10-18(11-9-17)35-15(4)5/h8-11,14-15,20-23,25,29-31H,7,12-13H2,1-6H3/t20-,21-,22+,23-,25+/m1/s1/i2D3,3D3,6D3,15D. The van der Waals surface area contributed by atoms with Crippen molar-refractivity contribution in [1.29, 1.82) is 0 Å². The number of carbonyl (C=O) groups is 1. The van der Waals surface area contributed by atoms with Gasteiger partial charge in [0.1, 0.15) is 36.8 Å². The van der Waals surface area contributed by atoms with Gasteiger partial charge in [0.05, 0.1) is 14.1 Å². The van der Waals surface area contributed by atoms with Crippen LogP contribution in [0.5, 0.6) is 11.6 Å². The van der Waals surface area contributed by atoms with E-state index >= 15 is 0 Å². The Hall–Kier alpha value is -2.86. The zero-order valence-electron chi connectivity index (χ0n) is 30.6. The summed E-state index contributed by atoms with van der Waals surface area (Å²) in [6.07, 6.45) is -11.9. The number of aromatic nitrogens is 2. The molecule has 2 heterocycles. The van der Waals surface area contributed by atoms with Crippen molar-refractivity contribution in [2.45, 2.75) is 90.6 Å². The number of ether oxygens (including phenoxy) is 5. The number of rotatable bonds is 10. The Morgan fingerprint density at radius 3 is 2.51 bits per heavy atom. The minimum Gasteiger partial charge on any atom is -0.491 e. The molecule has 37 heavy (non-hydrogen) atoms. The molecule has 0 aliphatic carbocycles. The number of hydrogen-bond donors (Lipinski definition) is 3. The molecule has 1 aliphatic heterocycles. The third-order valence-electron chi connectivity index (χ3n) is 5.37. The van der Waals surface area contributed by atoms with Crippen molar-refractivity contribution in [3.63, 3.8) is 0 Å². The van der Waals surface area contributed by atoms with Crippen LogP contribution >= 0.6 is 0 Å². The Balaban J connectivity index is 2.14. The van der Waals surface area contributed by atoms with Gasteiger partial charge in [-0.2, -0.15) is 0 Å². The summed E-state index contributed by atoms with van der Waals surface area (Å²) in [5.74, 6) is -0.343. The maximum Gasteiger partial charge on any atom is 0.508 e. The van der Waals surface area contributed by atoms with Crippen molar-refractivity contribution in [3.8, 4) is 11.6 Å². The number of carbonyl (C=O) groups excluding carboxylic acids is 1. The number of nitrogens with zero attached hydrogens (tertiary/aromatic N) is 2. The highest BCUT2D eigenvalue weighted by Crippen LogP contribution is 2.31. The van der Waals surface area contributed by atoms with E-state index < -0.39 is 87.7 Å². The summed E-state index contributed by atoms with van der Waals surface area (Å²) in [6.45, 7) is -5.88. The van der Waals surface area contributed by atoms with Crippen LogP contribution in [-0.4, -0.2) is 81.3 Å². The van der Waals surface area contributed by atoms with Gasteiger partial charge in [-0.1, -0.05) is 12.1 Å². The molecular weight excluding hydrogens is 484 g/mol. The van der Waals surface area contributed by atoms with Gasteiger partial charge in [0.15, 0.2) is 0 Å². The molecule has 0 amide bonds. The zero-order valence-corrected chi connectivity index (χ0v) is 20.6. The minimum atomic E-state index is -3.29. The van der Waals surface area contributed by atoms with Gasteiger partial charge in [0.2, 0.25) is 12.2 Å². The third kappa shape index (κ3) is 7.13. The van der Waals surface area contributed by atoms with Gasteiger partial charge in [-0.05, 0) is 59.0 Å². The van der Waals surface area contributed by atoms with Crippen LogP contribution in [0.2, 0.25) is 0 Å². The number of hydrogen-bond acceptors (Lipinski definition) is 10. The second-order valence-corrected chi connectivity index (χ2v) is 8.44. The van der Waals surface area contributed by atoms with E-state index in [1.54, 1.807) is 0 Å². The Morgan fingerprint density at radius 1 is 1.16 bits per heavy atom. The number of aliphatic hydroxyl groups excluding tert-OH is 3. The number of benzene rings is 1. The molecule has 1 aliphatic rings. The molecule has 1 fully saturated rings. The summed E-state index contributed by atoms with van der Waals surface area (Å²) in [4.78, 5) is 11.7. The third-order valence-corrected chi connectivity index (χ3v) is 5.37. The molecule has 11 nitrogen and oxygen atoms in total. The molecule has 0 spiro atoms. The van der Waals surface area contributed by atoms with Gasteiger partial charge in [-0.15, -0.1) is 5.10 Å². The first kappa shape index (κ1) is 17.6. The van der Waals surface area contributed by atoms with Crippen molar-refractivity contribution in [3.05, 3.63) is 41.1 Å². The average Bonchev–Trinajstić information content (AvgIpc) is 3.23. The van der Waals surface area contributed by atoms with Gasteiger partial charge in [0.25, 0.3) is 0 Å². The minimum absolute atomic E-state index is 0.0251. The monoisotopic (exact) mass is 532 g/mol. The van der Waals surface area contributed by atoms with Crippen LogP contribution in [0.4, 0.5) is 4.79 Å². The SMILES string of the molecule is [2H]C(C)(C)Oc1ccc(Cc2c(O[C@@H]3O[C@H](COC(=O)OCC)[C@@H](O)[C@H](O)[C@H]3O)nn(C(C([2H])([2H])[2H])C([2H])([2H])[2H])c2C([2H])([2H])[2H])cc1. The quantitative estimate of drug-likeness (QED) is 0.391. The Labute approximate surface area is 230 Å². The lowest BCUT2D eigenvalue weighted by molar-refractivity contribution is -0.278. The first-order chi connectivity index (χ1) is 21.4. The second kappa shape index (κ2) is 12.6. The highest BCUT2D eigenvalue weighted by molar-refractivity contribution is 5.59. The Kier molecular flexibility index (Phi) is 5.99. The lowest BCUT2D eigenvalue weighted by atomic mass is 9.99. The van der Waals surface area contributed by atoms with Gasteiger partial charge >= 0.3 is 6.16 Å².